The standard InChI is InChI=1S/C15H23N3/c1-15(2,12-7-5-4-6-8-12)11-17-14(16)18(3)13-9-10-13/h4-8,13H,9-11H2,1-3H3,(H2,16,17). The van der Waals surface area contributed by atoms with E-state index in [1.807, 2.05) is 13.1 Å². The summed E-state index contributed by atoms with van der Waals surface area (Å²) in [5.41, 5.74) is 7.34. The fourth-order valence-corrected chi connectivity index (χ4v) is 2.02. The van der Waals surface area contributed by atoms with Crippen molar-refractivity contribution in [3.63, 3.8) is 0 Å². The molecule has 0 heterocycles. The molecule has 0 saturated heterocycles. The number of hydrogen-bond donors (Lipinski definition) is 1. The lowest BCUT2D eigenvalue weighted by atomic mass is 9.85. The van der Waals surface area contributed by atoms with Gasteiger partial charge in [0.25, 0.3) is 0 Å². The van der Waals surface area contributed by atoms with Crippen LogP contribution in [0.1, 0.15) is 32.3 Å². The van der Waals surface area contributed by atoms with Gasteiger partial charge in [-0.3, -0.25) is 4.99 Å². The maximum Gasteiger partial charge on any atom is 0.191 e. The van der Waals surface area contributed by atoms with E-state index in [1.165, 1.54) is 18.4 Å². The Balaban J connectivity index is 2.01. The van der Waals surface area contributed by atoms with Crippen LogP contribution in [-0.2, 0) is 5.41 Å². The van der Waals surface area contributed by atoms with Crippen molar-refractivity contribution in [3.05, 3.63) is 35.9 Å². The Labute approximate surface area is 110 Å². The van der Waals surface area contributed by atoms with Gasteiger partial charge in [-0.05, 0) is 18.4 Å². The molecule has 2 rings (SSSR count). The van der Waals surface area contributed by atoms with Crippen LogP contribution in [0.4, 0.5) is 0 Å². The Morgan fingerprint density at radius 3 is 2.50 bits per heavy atom. The molecule has 18 heavy (non-hydrogen) atoms. The van der Waals surface area contributed by atoms with Crippen LogP contribution in [0, 0.1) is 0 Å². The smallest absolute Gasteiger partial charge is 0.191 e. The van der Waals surface area contributed by atoms with Gasteiger partial charge in [0.05, 0.1) is 6.54 Å². The van der Waals surface area contributed by atoms with E-state index in [9.17, 15) is 0 Å². The molecule has 0 spiro atoms. The Morgan fingerprint density at radius 1 is 1.33 bits per heavy atom. The van der Waals surface area contributed by atoms with Crippen molar-refractivity contribution in [2.24, 2.45) is 10.7 Å². The van der Waals surface area contributed by atoms with Crippen molar-refractivity contribution in [2.75, 3.05) is 13.6 Å². The van der Waals surface area contributed by atoms with E-state index in [4.69, 9.17) is 5.73 Å². The highest BCUT2D eigenvalue weighted by atomic mass is 15.3. The average molecular weight is 245 g/mol. The third kappa shape index (κ3) is 3.03. The number of guanidine groups is 1. The monoisotopic (exact) mass is 245 g/mol. The van der Waals surface area contributed by atoms with Gasteiger partial charge in [-0.1, -0.05) is 44.2 Å². The third-order valence-corrected chi connectivity index (χ3v) is 3.65. The quantitative estimate of drug-likeness (QED) is 0.653. The van der Waals surface area contributed by atoms with Crippen molar-refractivity contribution in [2.45, 2.75) is 38.1 Å². The zero-order valence-corrected chi connectivity index (χ0v) is 11.6. The van der Waals surface area contributed by atoms with Crippen LogP contribution in [0.3, 0.4) is 0 Å². The maximum absolute atomic E-state index is 6.02. The van der Waals surface area contributed by atoms with Crippen molar-refractivity contribution in [1.82, 2.24) is 4.90 Å². The van der Waals surface area contributed by atoms with Gasteiger partial charge in [0.1, 0.15) is 0 Å². The lowest BCUT2D eigenvalue weighted by molar-refractivity contribution is 0.476. The van der Waals surface area contributed by atoms with E-state index in [2.05, 4.69) is 48.0 Å². The summed E-state index contributed by atoms with van der Waals surface area (Å²) in [5, 5.41) is 0. The Bertz CT molecular complexity index is 419. The molecule has 2 N–H and O–H groups in total. The van der Waals surface area contributed by atoms with Crippen LogP contribution in [-0.4, -0.2) is 30.5 Å². The fourth-order valence-electron chi connectivity index (χ4n) is 2.02. The topological polar surface area (TPSA) is 41.6 Å². The highest BCUT2D eigenvalue weighted by Crippen LogP contribution is 2.26. The first-order valence-corrected chi connectivity index (χ1v) is 6.59. The minimum Gasteiger partial charge on any atom is -0.370 e. The van der Waals surface area contributed by atoms with Gasteiger partial charge in [-0.15, -0.1) is 0 Å². The minimum atomic E-state index is 0.0241. The number of hydrogen-bond acceptors (Lipinski definition) is 1. The Morgan fingerprint density at radius 2 is 1.94 bits per heavy atom. The van der Waals surface area contributed by atoms with Gasteiger partial charge < -0.3 is 10.6 Å². The molecule has 0 unspecified atom stereocenters. The van der Waals surface area contributed by atoms with E-state index in [0.717, 1.165) is 6.54 Å². The molecule has 1 aliphatic rings. The molecule has 0 amide bonds. The first kappa shape index (κ1) is 12.9. The number of nitrogens with two attached hydrogens (primary N) is 1. The second-order valence-electron chi connectivity index (χ2n) is 5.77. The SMILES string of the molecule is CN(C(N)=NCC(C)(C)c1ccccc1)C1CC1. The summed E-state index contributed by atoms with van der Waals surface area (Å²) in [6.45, 7) is 5.13. The van der Waals surface area contributed by atoms with Gasteiger partial charge >= 0.3 is 0 Å². The number of benzene rings is 1. The summed E-state index contributed by atoms with van der Waals surface area (Å²) in [6.07, 6.45) is 2.49. The molecule has 1 saturated carbocycles. The van der Waals surface area contributed by atoms with Crippen molar-refractivity contribution in [1.29, 1.82) is 0 Å². The molecule has 3 heteroatoms. The van der Waals surface area contributed by atoms with Crippen LogP contribution < -0.4 is 5.73 Å². The van der Waals surface area contributed by atoms with E-state index >= 15 is 0 Å². The summed E-state index contributed by atoms with van der Waals surface area (Å²) < 4.78 is 0. The molecule has 0 atom stereocenters. The number of rotatable bonds is 4. The van der Waals surface area contributed by atoms with Gasteiger partial charge in [-0.25, -0.2) is 0 Å². The van der Waals surface area contributed by atoms with Crippen molar-refractivity contribution in [3.8, 4) is 0 Å². The van der Waals surface area contributed by atoms with Crippen LogP contribution in [0.25, 0.3) is 0 Å². The maximum atomic E-state index is 6.02. The van der Waals surface area contributed by atoms with Gasteiger partial charge in [0.15, 0.2) is 5.96 Å². The Kier molecular flexibility index (Phi) is 3.60. The van der Waals surface area contributed by atoms with Crippen LogP contribution >= 0.6 is 0 Å². The van der Waals surface area contributed by atoms with Crippen LogP contribution in [0.2, 0.25) is 0 Å². The zero-order valence-electron chi connectivity index (χ0n) is 11.6. The molecule has 1 aromatic rings. The molecule has 1 fully saturated rings. The molecule has 1 aromatic carbocycles. The van der Waals surface area contributed by atoms with E-state index in [-0.39, 0.29) is 5.41 Å². The van der Waals surface area contributed by atoms with Crippen LogP contribution in [0.5, 0.6) is 0 Å². The van der Waals surface area contributed by atoms with E-state index in [0.29, 0.717) is 12.0 Å². The summed E-state index contributed by atoms with van der Waals surface area (Å²) >= 11 is 0. The second-order valence-corrected chi connectivity index (χ2v) is 5.77. The lowest BCUT2D eigenvalue weighted by Gasteiger charge is -2.24. The van der Waals surface area contributed by atoms with Gasteiger partial charge in [0.2, 0.25) is 0 Å². The zero-order chi connectivity index (χ0) is 13.2. The highest BCUT2D eigenvalue weighted by molar-refractivity contribution is 5.78. The van der Waals surface area contributed by atoms with Crippen molar-refractivity contribution >= 4 is 5.96 Å². The lowest BCUT2D eigenvalue weighted by Crippen LogP contribution is -2.37. The summed E-state index contributed by atoms with van der Waals surface area (Å²) in [6, 6.07) is 11.1. The predicted octanol–water partition coefficient (Wildman–Crippen LogP) is 2.37. The average Bonchev–Trinajstić information content (AvgIpc) is 3.20. The summed E-state index contributed by atoms with van der Waals surface area (Å²) in [4.78, 5) is 6.65. The molecule has 0 aromatic heterocycles. The summed E-state index contributed by atoms with van der Waals surface area (Å²) in [5.74, 6) is 0.668. The molecule has 0 radical (unpaired) electrons. The summed E-state index contributed by atoms with van der Waals surface area (Å²) in [7, 11) is 2.03. The second kappa shape index (κ2) is 5.01. The molecule has 0 bridgehead atoms. The number of aliphatic imine (C=N–C) groups is 1. The van der Waals surface area contributed by atoms with Gasteiger partial charge in [0, 0.05) is 18.5 Å². The molecule has 98 valence electrons. The number of nitrogens with zero attached hydrogens (tertiary/aromatic N) is 2. The van der Waals surface area contributed by atoms with Gasteiger partial charge in [-0.2, -0.15) is 0 Å². The first-order valence-electron chi connectivity index (χ1n) is 6.59. The highest BCUT2D eigenvalue weighted by Gasteiger charge is 2.28. The normalized spacial score (nSPS) is 16.7. The molecule has 3 nitrogen and oxygen atoms in total. The largest absolute Gasteiger partial charge is 0.370 e. The Hall–Kier alpha value is -1.51. The molecule has 1 aliphatic carbocycles. The molecule has 0 aliphatic heterocycles. The minimum absolute atomic E-state index is 0.0241. The fraction of sp³-hybridized carbons (Fsp3) is 0.533. The van der Waals surface area contributed by atoms with Crippen molar-refractivity contribution < 1.29 is 0 Å². The van der Waals surface area contributed by atoms with E-state index < -0.39 is 0 Å². The predicted molar refractivity (Wildman–Crippen MR) is 76.7 cm³/mol. The van der Waals surface area contributed by atoms with E-state index in [1.54, 1.807) is 0 Å². The molecular formula is C15H23N3. The van der Waals surface area contributed by atoms with Crippen LogP contribution in [0.15, 0.2) is 35.3 Å². The third-order valence-electron chi connectivity index (χ3n) is 3.65. The molecular weight excluding hydrogens is 222 g/mol. The first-order chi connectivity index (χ1) is 8.50.